The molecule has 2 rings (SSSR count). The Hall–Kier alpha value is -1.98. The number of alkyl halides is 3. The van der Waals surface area contributed by atoms with E-state index in [4.69, 9.17) is 0 Å². The number of hydrogen-bond donors (Lipinski definition) is 1. The number of nitrogens with zero attached hydrogens (tertiary/aromatic N) is 1. The van der Waals surface area contributed by atoms with E-state index in [0.29, 0.717) is 5.69 Å². The number of anilines is 1. The lowest BCUT2D eigenvalue weighted by molar-refractivity contribution is -0.136. The van der Waals surface area contributed by atoms with E-state index in [-0.39, 0.29) is 12.2 Å². The van der Waals surface area contributed by atoms with Crippen LogP contribution in [0.1, 0.15) is 11.3 Å². The maximum atomic E-state index is 12.6. The lowest BCUT2D eigenvalue weighted by Gasteiger charge is -2.13. The molecule has 6 heteroatoms. The molecule has 1 heterocycles. The van der Waals surface area contributed by atoms with Gasteiger partial charge in [-0.25, -0.2) is 0 Å². The van der Waals surface area contributed by atoms with E-state index in [1.165, 1.54) is 18.4 Å². The third-order valence-corrected chi connectivity index (χ3v) is 2.18. The maximum absolute atomic E-state index is 12.6. The first-order chi connectivity index (χ1) is 8.07. The fourth-order valence-corrected chi connectivity index (χ4v) is 1.40. The molecule has 0 fully saturated rings. The summed E-state index contributed by atoms with van der Waals surface area (Å²) in [7, 11) is 0. The standard InChI is InChI=1S/C11H9F3N2O/c12-11(13,14)9-3-1-2-4-10(9)15-7-8-5-6-17-16-8/h1-6,15H,7H2. The minimum Gasteiger partial charge on any atom is -0.379 e. The summed E-state index contributed by atoms with van der Waals surface area (Å²) >= 11 is 0. The van der Waals surface area contributed by atoms with Crippen LogP contribution in [0.15, 0.2) is 41.1 Å². The summed E-state index contributed by atoms with van der Waals surface area (Å²) in [5.74, 6) is 0. The predicted molar refractivity (Wildman–Crippen MR) is 55.3 cm³/mol. The van der Waals surface area contributed by atoms with E-state index in [1.807, 2.05) is 0 Å². The van der Waals surface area contributed by atoms with E-state index < -0.39 is 11.7 Å². The quantitative estimate of drug-likeness (QED) is 0.897. The molecule has 2 aromatic rings. The summed E-state index contributed by atoms with van der Waals surface area (Å²) in [4.78, 5) is 0. The van der Waals surface area contributed by atoms with Crippen molar-refractivity contribution in [3.05, 3.63) is 47.9 Å². The molecular formula is C11H9F3N2O. The number of rotatable bonds is 3. The van der Waals surface area contributed by atoms with Crippen molar-refractivity contribution in [1.29, 1.82) is 0 Å². The van der Waals surface area contributed by atoms with Crippen LogP contribution in [-0.4, -0.2) is 5.16 Å². The van der Waals surface area contributed by atoms with Gasteiger partial charge in [-0.2, -0.15) is 13.2 Å². The van der Waals surface area contributed by atoms with Gasteiger partial charge in [0.15, 0.2) is 0 Å². The van der Waals surface area contributed by atoms with Crippen molar-refractivity contribution in [2.75, 3.05) is 5.32 Å². The van der Waals surface area contributed by atoms with Crippen molar-refractivity contribution in [3.8, 4) is 0 Å². The molecule has 0 saturated heterocycles. The topological polar surface area (TPSA) is 38.1 Å². The van der Waals surface area contributed by atoms with Crippen molar-refractivity contribution in [1.82, 2.24) is 5.16 Å². The Morgan fingerprint density at radius 2 is 1.94 bits per heavy atom. The molecule has 0 aliphatic heterocycles. The maximum Gasteiger partial charge on any atom is 0.418 e. The molecule has 17 heavy (non-hydrogen) atoms. The van der Waals surface area contributed by atoms with Gasteiger partial charge in [0.1, 0.15) is 12.0 Å². The van der Waals surface area contributed by atoms with Crippen LogP contribution in [0, 0.1) is 0 Å². The molecule has 0 saturated carbocycles. The lowest BCUT2D eigenvalue weighted by atomic mass is 10.1. The zero-order valence-electron chi connectivity index (χ0n) is 8.66. The third-order valence-electron chi connectivity index (χ3n) is 2.18. The first-order valence-corrected chi connectivity index (χ1v) is 4.87. The van der Waals surface area contributed by atoms with Crippen molar-refractivity contribution in [2.24, 2.45) is 0 Å². The number of benzene rings is 1. The molecule has 0 aliphatic carbocycles. The number of para-hydroxylation sites is 1. The van der Waals surface area contributed by atoms with E-state index in [0.717, 1.165) is 6.07 Å². The van der Waals surface area contributed by atoms with Crippen molar-refractivity contribution in [2.45, 2.75) is 12.7 Å². The molecule has 0 amide bonds. The van der Waals surface area contributed by atoms with Crippen LogP contribution in [0.3, 0.4) is 0 Å². The fraction of sp³-hybridized carbons (Fsp3) is 0.182. The van der Waals surface area contributed by atoms with Gasteiger partial charge in [-0.1, -0.05) is 17.3 Å². The van der Waals surface area contributed by atoms with Crippen molar-refractivity contribution < 1.29 is 17.7 Å². The van der Waals surface area contributed by atoms with E-state index >= 15 is 0 Å². The van der Waals surface area contributed by atoms with Gasteiger partial charge in [0.25, 0.3) is 0 Å². The molecule has 0 aliphatic rings. The van der Waals surface area contributed by atoms with Crippen LogP contribution < -0.4 is 5.32 Å². The highest BCUT2D eigenvalue weighted by molar-refractivity contribution is 5.52. The molecule has 1 aromatic heterocycles. The average molecular weight is 242 g/mol. The van der Waals surface area contributed by atoms with E-state index in [1.54, 1.807) is 12.1 Å². The van der Waals surface area contributed by atoms with Crippen LogP contribution in [0.4, 0.5) is 18.9 Å². The number of aromatic nitrogens is 1. The highest BCUT2D eigenvalue weighted by Crippen LogP contribution is 2.34. The monoisotopic (exact) mass is 242 g/mol. The third kappa shape index (κ3) is 2.77. The molecule has 0 unspecified atom stereocenters. The van der Waals surface area contributed by atoms with Gasteiger partial charge in [0, 0.05) is 11.8 Å². The van der Waals surface area contributed by atoms with Gasteiger partial charge in [-0.3, -0.25) is 0 Å². The lowest BCUT2D eigenvalue weighted by Crippen LogP contribution is -2.10. The summed E-state index contributed by atoms with van der Waals surface area (Å²) in [5, 5.41) is 6.28. The van der Waals surface area contributed by atoms with E-state index in [9.17, 15) is 13.2 Å². The number of halogens is 3. The largest absolute Gasteiger partial charge is 0.418 e. The Bertz CT molecular complexity index is 480. The SMILES string of the molecule is FC(F)(F)c1ccccc1NCc1ccon1. The van der Waals surface area contributed by atoms with Crippen LogP contribution in [0.5, 0.6) is 0 Å². The zero-order valence-corrected chi connectivity index (χ0v) is 8.66. The van der Waals surface area contributed by atoms with Gasteiger partial charge in [0.2, 0.25) is 0 Å². The minimum atomic E-state index is -4.37. The Morgan fingerprint density at radius 1 is 1.18 bits per heavy atom. The smallest absolute Gasteiger partial charge is 0.379 e. The molecule has 1 N–H and O–H groups in total. The fourth-order valence-electron chi connectivity index (χ4n) is 1.40. The molecule has 90 valence electrons. The molecule has 0 radical (unpaired) electrons. The van der Waals surface area contributed by atoms with Crippen LogP contribution in [0.2, 0.25) is 0 Å². The van der Waals surface area contributed by atoms with Gasteiger partial charge >= 0.3 is 6.18 Å². The van der Waals surface area contributed by atoms with Gasteiger partial charge in [-0.05, 0) is 12.1 Å². The minimum absolute atomic E-state index is 0.0306. The Labute approximate surface area is 95.2 Å². The van der Waals surface area contributed by atoms with Gasteiger partial charge in [0.05, 0.1) is 12.1 Å². The molecular weight excluding hydrogens is 233 g/mol. The highest BCUT2D eigenvalue weighted by Gasteiger charge is 2.33. The summed E-state index contributed by atoms with van der Waals surface area (Å²) < 4.78 is 42.5. The second-order valence-electron chi connectivity index (χ2n) is 3.39. The second kappa shape index (κ2) is 4.48. The van der Waals surface area contributed by atoms with E-state index in [2.05, 4.69) is 15.0 Å². The zero-order chi connectivity index (χ0) is 12.3. The predicted octanol–water partition coefficient (Wildman–Crippen LogP) is 3.31. The Kier molecular flexibility index (Phi) is 3.03. The molecule has 1 aromatic carbocycles. The van der Waals surface area contributed by atoms with Gasteiger partial charge < -0.3 is 9.84 Å². The highest BCUT2D eigenvalue weighted by atomic mass is 19.4. The summed E-state index contributed by atoms with van der Waals surface area (Å²) in [5.41, 5.74) is -0.117. The molecule has 0 atom stereocenters. The molecule has 0 bridgehead atoms. The molecule has 0 spiro atoms. The Morgan fingerprint density at radius 3 is 2.59 bits per heavy atom. The number of hydrogen-bond acceptors (Lipinski definition) is 3. The summed E-state index contributed by atoms with van der Waals surface area (Å²) in [6.07, 6.45) is -3.00. The molecule has 3 nitrogen and oxygen atoms in total. The summed E-state index contributed by atoms with van der Waals surface area (Å²) in [6.45, 7) is 0.184. The van der Waals surface area contributed by atoms with Gasteiger partial charge in [-0.15, -0.1) is 0 Å². The van der Waals surface area contributed by atoms with Crippen molar-refractivity contribution >= 4 is 5.69 Å². The van der Waals surface area contributed by atoms with Crippen LogP contribution >= 0.6 is 0 Å². The normalized spacial score (nSPS) is 11.5. The summed E-state index contributed by atoms with van der Waals surface area (Å²) in [6, 6.07) is 6.89. The van der Waals surface area contributed by atoms with Crippen LogP contribution in [0.25, 0.3) is 0 Å². The van der Waals surface area contributed by atoms with Crippen LogP contribution in [-0.2, 0) is 12.7 Å². The number of nitrogens with one attached hydrogen (secondary N) is 1. The second-order valence-corrected chi connectivity index (χ2v) is 3.39. The first kappa shape index (κ1) is 11.5. The Balaban J connectivity index is 2.16. The van der Waals surface area contributed by atoms with Crippen molar-refractivity contribution in [3.63, 3.8) is 0 Å². The average Bonchev–Trinajstić information content (AvgIpc) is 2.78. The first-order valence-electron chi connectivity index (χ1n) is 4.87.